The fraction of sp³-hybridized carbons (Fsp3) is 0.182. The van der Waals surface area contributed by atoms with Crippen molar-refractivity contribution in [3.05, 3.63) is 35.1 Å². The van der Waals surface area contributed by atoms with E-state index in [1.807, 2.05) is 0 Å². The Morgan fingerprint density at radius 2 is 1.78 bits per heavy atom. The largest absolute Gasteiger partial charge is 0.468 e. The van der Waals surface area contributed by atoms with E-state index in [1.165, 1.54) is 0 Å². The van der Waals surface area contributed by atoms with Crippen molar-refractivity contribution in [1.82, 2.24) is 0 Å². The molecule has 0 aliphatic carbocycles. The number of carbonyl (C=O) groups excluding carboxylic acids is 2. The number of hydrogen-bond donors (Lipinski definition) is 1. The van der Waals surface area contributed by atoms with Crippen molar-refractivity contribution >= 4 is 18.0 Å². The highest BCUT2D eigenvalue weighted by Gasteiger charge is 2.29. The zero-order valence-electron chi connectivity index (χ0n) is 9.17. The zero-order chi connectivity index (χ0) is 13.9. The monoisotopic (exact) mass is 259 g/mol. The Hall–Kier alpha value is -2.18. The van der Waals surface area contributed by atoms with Gasteiger partial charge in [-0.15, -0.1) is 0 Å². The summed E-state index contributed by atoms with van der Waals surface area (Å²) in [5.41, 5.74) is -0.812. The van der Waals surface area contributed by atoms with E-state index in [1.54, 1.807) is 0 Å². The van der Waals surface area contributed by atoms with Crippen LogP contribution in [0.2, 0.25) is 0 Å². The molecule has 0 saturated heterocycles. The molecule has 0 radical (unpaired) electrons. The molecule has 1 aromatic rings. The van der Waals surface area contributed by atoms with E-state index < -0.39 is 40.7 Å². The van der Waals surface area contributed by atoms with Gasteiger partial charge in [-0.05, 0) is 6.07 Å². The standard InChI is InChI=1S/C11H8F3NO3/c1-18-11(17)6(4-15)10(16)5-2-8(13)9(14)3-7(5)12/h2-4,6,15H,1H3. The Bertz CT molecular complexity index is 517. The highest BCUT2D eigenvalue weighted by atomic mass is 19.2. The summed E-state index contributed by atoms with van der Waals surface area (Å²) < 4.78 is 43.1. The lowest BCUT2D eigenvalue weighted by atomic mass is 9.98. The van der Waals surface area contributed by atoms with Crippen LogP contribution in [-0.2, 0) is 9.53 Å². The predicted molar refractivity (Wildman–Crippen MR) is 54.9 cm³/mol. The number of benzene rings is 1. The van der Waals surface area contributed by atoms with Crippen molar-refractivity contribution in [2.24, 2.45) is 5.92 Å². The third-order valence-corrected chi connectivity index (χ3v) is 2.18. The highest BCUT2D eigenvalue weighted by molar-refractivity contribution is 6.18. The SMILES string of the molecule is COC(=O)C(C=N)C(=O)c1cc(F)c(F)cc1F. The van der Waals surface area contributed by atoms with Gasteiger partial charge in [0.1, 0.15) is 5.82 Å². The summed E-state index contributed by atoms with van der Waals surface area (Å²) in [5, 5.41) is 6.90. The van der Waals surface area contributed by atoms with E-state index in [-0.39, 0.29) is 6.07 Å². The number of carbonyl (C=O) groups is 2. The van der Waals surface area contributed by atoms with Crippen molar-refractivity contribution in [3.8, 4) is 0 Å². The summed E-state index contributed by atoms with van der Waals surface area (Å²) in [6.45, 7) is 0. The van der Waals surface area contributed by atoms with Crippen molar-refractivity contribution in [3.63, 3.8) is 0 Å². The number of rotatable bonds is 4. The fourth-order valence-electron chi connectivity index (χ4n) is 1.26. The molecule has 1 unspecified atom stereocenters. The number of halogens is 3. The van der Waals surface area contributed by atoms with Crippen LogP contribution in [0.3, 0.4) is 0 Å². The van der Waals surface area contributed by atoms with E-state index in [4.69, 9.17) is 5.41 Å². The molecule has 0 amide bonds. The molecule has 0 fully saturated rings. The normalized spacial score (nSPS) is 11.8. The van der Waals surface area contributed by atoms with Gasteiger partial charge < -0.3 is 10.1 Å². The lowest BCUT2D eigenvalue weighted by molar-refractivity contribution is -0.141. The van der Waals surface area contributed by atoms with E-state index >= 15 is 0 Å². The Kier molecular flexibility index (Phi) is 4.19. The smallest absolute Gasteiger partial charge is 0.322 e. The van der Waals surface area contributed by atoms with Gasteiger partial charge >= 0.3 is 5.97 Å². The van der Waals surface area contributed by atoms with Crippen LogP contribution in [0.15, 0.2) is 12.1 Å². The van der Waals surface area contributed by atoms with E-state index in [0.717, 1.165) is 7.11 Å². The van der Waals surface area contributed by atoms with Gasteiger partial charge in [0.2, 0.25) is 0 Å². The lowest BCUT2D eigenvalue weighted by Crippen LogP contribution is -2.27. The second-order valence-corrected chi connectivity index (χ2v) is 3.28. The average Bonchev–Trinajstić information content (AvgIpc) is 2.34. The minimum absolute atomic E-state index is 0.195. The minimum atomic E-state index is -1.69. The van der Waals surface area contributed by atoms with Crippen molar-refractivity contribution in [2.45, 2.75) is 0 Å². The molecule has 7 heteroatoms. The number of ether oxygens (including phenoxy) is 1. The quantitative estimate of drug-likeness (QED) is 0.294. The van der Waals surface area contributed by atoms with Gasteiger partial charge in [-0.25, -0.2) is 13.2 Å². The number of methoxy groups -OCH3 is 1. The lowest BCUT2D eigenvalue weighted by Gasteiger charge is -2.09. The molecule has 0 bridgehead atoms. The first-order valence-corrected chi connectivity index (χ1v) is 4.69. The third kappa shape index (κ3) is 2.55. The van der Waals surface area contributed by atoms with Gasteiger partial charge in [0.05, 0.1) is 12.7 Å². The van der Waals surface area contributed by atoms with Crippen LogP contribution in [0.4, 0.5) is 13.2 Å². The van der Waals surface area contributed by atoms with Crippen LogP contribution < -0.4 is 0 Å². The summed E-state index contributed by atoms with van der Waals surface area (Å²) in [6, 6.07) is 0.535. The second-order valence-electron chi connectivity index (χ2n) is 3.28. The molecule has 1 rings (SSSR count). The van der Waals surface area contributed by atoms with Gasteiger partial charge in [0.25, 0.3) is 0 Å². The topological polar surface area (TPSA) is 67.2 Å². The number of Topliss-reactive ketones (excluding diaryl/α,β-unsaturated/α-hetero) is 1. The molecular formula is C11H8F3NO3. The maximum atomic E-state index is 13.3. The Morgan fingerprint density at radius 3 is 2.28 bits per heavy atom. The van der Waals surface area contributed by atoms with Crippen LogP contribution in [0, 0.1) is 28.8 Å². The maximum absolute atomic E-state index is 13.3. The molecule has 0 spiro atoms. The first kappa shape index (κ1) is 13.9. The highest BCUT2D eigenvalue weighted by Crippen LogP contribution is 2.17. The molecule has 96 valence electrons. The summed E-state index contributed by atoms with van der Waals surface area (Å²) >= 11 is 0. The van der Waals surface area contributed by atoms with Gasteiger partial charge in [0.15, 0.2) is 23.3 Å². The van der Waals surface area contributed by atoms with E-state index in [0.29, 0.717) is 12.3 Å². The average molecular weight is 259 g/mol. The Labute approximate surface area is 99.9 Å². The van der Waals surface area contributed by atoms with Crippen molar-refractivity contribution in [1.29, 1.82) is 5.41 Å². The molecule has 0 aliphatic rings. The van der Waals surface area contributed by atoms with Gasteiger partial charge in [-0.1, -0.05) is 0 Å². The number of ketones is 1. The molecular weight excluding hydrogens is 251 g/mol. The van der Waals surface area contributed by atoms with Gasteiger partial charge in [-0.2, -0.15) is 0 Å². The number of hydrogen-bond acceptors (Lipinski definition) is 4. The van der Waals surface area contributed by atoms with E-state index in [9.17, 15) is 22.8 Å². The third-order valence-electron chi connectivity index (χ3n) is 2.18. The van der Waals surface area contributed by atoms with Crippen LogP contribution in [0.5, 0.6) is 0 Å². The van der Waals surface area contributed by atoms with Crippen LogP contribution in [-0.4, -0.2) is 25.1 Å². The Balaban J connectivity index is 3.21. The van der Waals surface area contributed by atoms with Crippen LogP contribution >= 0.6 is 0 Å². The van der Waals surface area contributed by atoms with Gasteiger partial charge in [0, 0.05) is 12.3 Å². The maximum Gasteiger partial charge on any atom is 0.322 e. The molecule has 0 saturated carbocycles. The first-order valence-electron chi connectivity index (χ1n) is 4.69. The van der Waals surface area contributed by atoms with Gasteiger partial charge in [-0.3, -0.25) is 9.59 Å². The minimum Gasteiger partial charge on any atom is -0.468 e. The molecule has 0 heterocycles. The molecule has 0 aliphatic heterocycles. The second kappa shape index (κ2) is 5.44. The molecule has 1 N–H and O–H groups in total. The first-order chi connectivity index (χ1) is 8.42. The number of nitrogens with one attached hydrogen (secondary N) is 1. The molecule has 1 atom stereocenters. The molecule has 1 aromatic carbocycles. The Morgan fingerprint density at radius 1 is 1.22 bits per heavy atom. The zero-order valence-corrected chi connectivity index (χ0v) is 9.17. The van der Waals surface area contributed by atoms with Crippen molar-refractivity contribution in [2.75, 3.05) is 7.11 Å². The van der Waals surface area contributed by atoms with Crippen LogP contribution in [0.1, 0.15) is 10.4 Å². The molecule has 18 heavy (non-hydrogen) atoms. The summed E-state index contributed by atoms with van der Waals surface area (Å²) in [7, 11) is 0.980. The van der Waals surface area contributed by atoms with Crippen LogP contribution in [0.25, 0.3) is 0 Å². The van der Waals surface area contributed by atoms with Crippen molar-refractivity contribution < 1.29 is 27.5 Å². The molecule has 0 aromatic heterocycles. The van der Waals surface area contributed by atoms with E-state index in [2.05, 4.69) is 4.74 Å². The number of esters is 1. The summed E-state index contributed by atoms with van der Waals surface area (Å²) in [4.78, 5) is 22.8. The molecule has 4 nitrogen and oxygen atoms in total. The summed E-state index contributed by atoms with van der Waals surface area (Å²) in [5.74, 6) is -8.13. The fourth-order valence-corrected chi connectivity index (χ4v) is 1.26. The predicted octanol–water partition coefficient (Wildman–Crippen LogP) is 1.73. The summed E-state index contributed by atoms with van der Waals surface area (Å²) in [6.07, 6.45) is 0.439.